The number of hydrogen-bond donors (Lipinski definition) is 0. The highest BCUT2D eigenvalue weighted by Crippen LogP contribution is 2.22. The predicted octanol–water partition coefficient (Wildman–Crippen LogP) is 2.84. The van der Waals surface area contributed by atoms with E-state index in [1.807, 2.05) is 17.8 Å². The fourth-order valence-corrected chi connectivity index (χ4v) is 2.12. The van der Waals surface area contributed by atoms with Gasteiger partial charge in [0.15, 0.2) is 0 Å². The van der Waals surface area contributed by atoms with Gasteiger partial charge in [0.2, 0.25) is 0 Å². The predicted molar refractivity (Wildman–Crippen MR) is 54.9 cm³/mol. The van der Waals surface area contributed by atoms with Crippen molar-refractivity contribution >= 4 is 32.5 Å². The molecule has 0 spiro atoms. The molecule has 3 rings (SSSR count). The van der Waals surface area contributed by atoms with E-state index in [4.69, 9.17) is 0 Å². The minimum atomic E-state index is 1.04. The summed E-state index contributed by atoms with van der Waals surface area (Å²) >= 11 is 1.65. The molecule has 0 saturated heterocycles. The summed E-state index contributed by atoms with van der Waals surface area (Å²) in [6.45, 7) is 0. The molecule has 0 amide bonds. The molecule has 0 fully saturated rings. The van der Waals surface area contributed by atoms with E-state index in [0.29, 0.717) is 0 Å². The highest BCUT2D eigenvalue weighted by Gasteiger charge is 1.99. The molecule has 3 heteroatoms. The standard InChI is InChI=1S/C10H6N2S/c1-2-7-4-9-10(13-6-12-9)5-8(7)11-3-1/h1-6H. The molecule has 0 aliphatic carbocycles. The van der Waals surface area contributed by atoms with E-state index in [-0.39, 0.29) is 0 Å². The zero-order valence-electron chi connectivity index (χ0n) is 6.77. The average molecular weight is 186 g/mol. The zero-order valence-corrected chi connectivity index (χ0v) is 7.58. The van der Waals surface area contributed by atoms with Crippen LogP contribution < -0.4 is 0 Å². The Bertz CT molecular complexity index is 521. The number of benzene rings is 1. The van der Waals surface area contributed by atoms with Crippen LogP contribution in [0.4, 0.5) is 0 Å². The van der Waals surface area contributed by atoms with Crippen LogP contribution in [0.3, 0.4) is 0 Å². The summed E-state index contributed by atoms with van der Waals surface area (Å²) in [4.78, 5) is 8.55. The van der Waals surface area contributed by atoms with E-state index in [2.05, 4.69) is 28.2 Å². The zero-order chi connectivity index (χ0) is 8.67. The molecular weight excluding hydrogens is 180 g/mol. The third-order valence-electron chi connectivity index (χ3n) is 2.06. The van der Waals surface area contributed by atoms with E-state index in [1.54, 1.807) is 11.3 Å². The molecule has 0 saturated carbocycles. The topological polar surface area (TPSA) is 25.8 Å². The van der Waals surface area contributed by atoms with Gasteiger partial charge >= 0.3 is 0 Å². The number of hydrogen-bond acceptors (Lipinski definition) is 3. The molecule has 0 aliphatic rings. The summed E-state index contributed by atoms with van der Waals surface area (Å²) in [5, 5.41) is 1.15. The van der Waals surface area contributed by atoms with Gasteiger partial charge in [0, 0.05) is 11.6 Å². The maximum Gasteiger partial charge on any atom is 0.0819 e. The summed E-state index contributed by atoms with van der Waals surface area (Å²) in [6.07, 6.45) is 1.81. The van der Waals surface area contributed by atoms with Crippen molar-refractivity contribution in [1.29, 1.82) is 0 Å². The number of rotatable bonds is 0. The van der Waals surface area contributed by atoms with Crippen molar-refractivity contribution in [2.45, 2.75) is 0 Å². The molecule has 0 unspecified atom stereocenters. The normalized spacial score (nSPS) is 11.1. The molecule has 2 aromatic heterocycles. The fourth-order valence-electron chi connectivity index (χ4n) is 1.42. The summed E-state index contributed by atoms with van der Waals surface area (Å²) < 4.78 is 1.20. The number of pyridine rings is 1. The second-order valence-electron chi connectivity index (χ2n) is 2.87. The molecule has 0 bridgehead atoms. The molecule has 3 aromatic rings. The molecule has 0 aliphatic heterocycles. The van der Waals surface area contributed by atoms with E-state index in [0.717, 1.165) is 16.4 Å². The molecule has 0 radical (unpaired) electrons. The second kappa shape index (κ2) is 2.50. The van der Waals surface area contributed by atoms with Crippen LogP contribution in [-0.2, 0) is 0 Å². The molecular formula is C10H6N2S. The number of aromatic nitrogens is 2. The number of fused-ring (bicyclic) bond motifs is 2. The Morgan fingerprint density at radius 2 is 2.08 bits per heavy atom. The Hall–Kier alpha value is -1.48. The van der Waals surface area contributed by atoms with E-state index >= 15 is 0 Å². The maximum absolute atomic E-state index is 4.29. The Balaban J connectivity index is 2.57. The highest BCUT2D eigenvalue weighted by atomic mass is 32.1. The van der Waals surface area contributed by atoms with Gasteiger partial charge < -0.3 is 0 Å². The van der Waals surface area contributed by atoms with Gasteiger partial charge in [-0.15, -0.1) is 11.3 Å². The van der Waals surface area contributed by atoms with E-state index in [9.17, 15) is 0 Å². The third kappa shape index (κ3) is 1.01. The van der Waals surface area contributed by atoms with Gasteiger partial charge in [-0.25, -0.2) is 4.98 Å². The van der Waals surface area contributed by atoms with Crippen LogP contribution in [0.15, 0.2) is 36.0 Å². The van der Waals surface area contributed by atoms with Gasteiger partial charge in [0.05, 0.1) is 21.2 Å². The first-order chi connectivity index (χ1) is 6.43. The molecule has 62 valence electrons. The van der Waals surface area contributed by atoms with Crippen LogP contribution in [0.25, 0.3) is 21.1 Å². The molecule has 2 nitrogen and oxygen atoms in total. The first-order valence-corrected chi connectivity index (χ1v) is 4.89. The Morgan fingerprint density at radius 1 is 1.08 bits per heavy atom. The third-order valence-corrected chi connectivity index (χ3v) is 2.85. The van der Waals surface area contributed by atoms with Crippen LogP contribution in [0.2, 0.25) is 0 Å². The lowest BCUT2D eigenvalue weighted by Gasteiger charge is -1.94. The van der Waals surface area contributed by atoms with Gasteiger partial charge in [0.1, 0.15) is 0 Å². The van der Waals surface area contributed by atoms with E-state index in [1.165, 1.54) is 4.70 Å². The summed E-state index contributed by atoms with van der Waals surface area (Å²) in [6, 6.07) is 8.16. The Kier molecular flexibility index (Phi) is 1.34. The molecule has 0 atom stereocenters. The minimum absolute atomic E-state index is 1.04. The largest absolute Gasteiger partial charge is 0.256 e. The monoisotopic (exact) mass is 186 g/mol. The first-order valence-electron chi connectivity index (χ1n) is 4.01. The smallest absolute Gasteiger partial charge is 0.0819 e. The molecule has 0 N–H and O–H groups in total. The van der Waals surface area contributed by atoms with Gasteiger partial charge in [-0.1, -0.05) is 6.07 Å². The number of thiazole rings is 1. The van der Waals surface area contributed by atoms with Crippen molar-refractivity contribution in [1.82, 2.24) is 9.97 Å². The molecule has 13 heavy (non-hydrogen) atoms. The lowest BCUT2D eigenvalue weighted by Crippen LogP contribution is -1.76. The van der Waals surface area contributed by atoms with Gasteiger partial charge in [-0.2, -0.15) is 0 Å². The quantitative estimate of drug-likeness (QED) is 0.539. The van der Waals surface area contributed by atoms with Crippen molar-refractivity contribution in [2.24, 2.45) is 0 Å². The summed E-state index contributed by atoms with van der Waals surface area (Å²) in [5.41, 5.74) is 3.97. The van der Waals surface area contributed by atoms with Crippen molar-refractivity contribution in [3.63, 3.8) is 0 Å². The summed E-state index contributed by atoms with van der Waals surface area (Å²) in [7, 11) is 0. The van der Waals surface area contributed by atoms with Crippen molar-refractivity contribution in [3.05, 3.63) is 36.0 Å². The van der Waals surface area contributed by atoms with Gasteiger partial charge in [-0.3, -0.25) is 4.98 Å². The lowest BCUT2D eigenvalue weighted by atomic mass is 10.2. The van der Waals surface area contributed by atoms with Crippen LogP contribution in [0.5, 0.6) is 0 Å². The fraction of sp³-hybridized carbons (Fsp3) is 0. The van der Waals surface area contributed by atoms with Crippen LogP contribution in [-0.4, -0.2) is 9.97 Å². The van der Waals surface area contributed by atoms with Crippen LogP contribution >= 0.6 is 11.3 Å². The molecule has 1 aromatic carbocycles. The van der Waals surface area contributed by atoms with Gasteiger partial charge in [-0.05, 0) is 18.2 Å². The van der Waals surface area contributed by atoms with Crippen molar-refractivity contribution in [3.8, 4) is 0 Å². The SMILES string of the molecule is c1cnc2cc3scnc3cc2c1. The first kappa shape index (κ1) is 6.97. The Morgan fingerprint density at radius 3 is 3.08 bits per heavy atom. The maximum atomic E-state index is 4.29. The van der Waals surface area contributed by atoms with Crippen LogP contribution in [0, 0.1) is 0 Å². The van der Waals surface area contributed by atoms with Crippen molar-refractivity contribution < 1.29 is 0 Å². The highest BCUT2D eigenvalue weighted by molar-refractivity contribution is 7.16. The Labute approximate surface area is 78.9 Å². The minimum Gasteiger partial charge on any atom is -0.256 e. The second-order valence-corrected chi connectivity index (χ2v) is 3.75. The van der Waals surface area contributed by atoms with Crippen LogP contribution in [0.1, 0.15) is 0 Å². The van der Waals surface area contributed by atoms with Gasteiger partial charge in [0.25, 0.3) is 0 Å². The summed E-state index contributed by atoms with van der Waals surface area (Å²) in [5.74, 6) is 0. The number of nitrogens with zero attached hydrogens (tertiary/aromatic N) is 2. The average Bonchev–Trinajstić information content (AvgIpc) is 2.61. The lowest BCUT2D eigenvalue weighted by molar-refractivity contribution is 1.42. The van der Waals surface area contributed by atoms with Crippen molar-refractivity contribution in [2.75, 3.05) is 0 Å². The van der Waals surface area contributed by atoms with E-state index < -0.39 is 0 Å². The molecule has 2 heterocycles.